The summed E-state index contributed by atoms with van der Waals surface area (Å²) in [5.41, 5.74) is 0.548. The molecule has 0 aliphatic rings. The minimum absolute atomic E-state index is 0.309. The van der Waals surface area contributed by atoms with Crippen LogP contribution in [0.25, 0.3) is 0 Å². The number of esters is 1. The molecule has 0 radical (unpaired) electrons. The van der Waals surface area contributed by atoms with Crippen molar-refractivity contribution in [3.05, 3.63) is 27.3 Å². The Morgan fingerprint density at radius 3 is 2.79 bits per heavy atom. The third-order valence-electron chi connectivity index (χ3n) is 1.67. The van der Waals surface area contributed by atoms with Crippen LogP contribution >= 0.6 is 22.6 Å². The molecule has 14 heavy (non-hydrogen) atoms. The van der Waals surface area contributed by atoms with Crippen molar-refractivity contribution in [3.8, 4) is 5.75 Å². The minimum Gasteiger partial charge on any atom is -0.497 e. The second-order valence-corrected chi connectivity index (χ2v) is 3.73. The average Bonchev–Trinajstić information content (AvgIpc) is 2.19. The van der Waals surface area contributed by atoms with Crippen LogP contribution in [0.15, 0.2) is 18.2 Å². The summed E-state index contributed by atoms with van der Waals surface area (Å²) in [6.45, 7) is 2.16. The van der Waals surface area contributed by atoms with Gasteiger partial charge < -0.3 is 9.47 Å². The van der Waals surface area contributed by atoms with Crippen LogP contribution in [-0.4, -0.2) is 19.7 Å². The van der Waals surface area contributed by atoms with E-state index in [2.05, 4.69) is 22.6 Å². The molecule has 1 rings (SSSR count). The topological polar surface area (TPSA) is 35.5 Å². The molecule has 76 valence electrons. The lowest BCUT2D eigenvalue weighted by Gasteiger charge is -2.06. The summed E-state index contributed by atoms with van der Waals surface area (Å²) >= 11 is 2.09. The Labute approximate surface area is 96.5 Å². The molecule has 0 spiro atoms. The Balaban J connectivity index is 2.99. The predicted octanol–water partition coefficient (Wildman–Crippen LogP) is 2.48. The highest BCUT2D eigenvalue weighted by Gasteiger charge is 2.11. The summed E-state index contributed by atoms with van der Waals surface area (Å²) in [4.78, 5) is 11.5. The fraction of sp³-hybridized carbons (Fsp3) is 0.300. The molecule has 0 saturated heterocycles. The SMILES string of the molecule is CCOC(=O)c1cc(OC)ccc1I. The minimum atomic E-state index is -0.309. The van der Waals surface area contributed by atoms with Gasteiger partial charge in [-0.3, -0.25) is 0 Å². The normalized spacial score (nSPS) is 9.64. The van der Waals surface area contributed by atoms with Gasteiger partial charge in [-0.1, -0.05) is 0 Å². The van der Waals surface area contributed by atoms with Crippen LogP contribution in [-0.2, 0) is 4.74 Å². The smallest absolute Gasteiger partial charge is 0.339 e. The molecule has 4 heteroatoms. The molecule has 0 aliphatic heterocycles. The lowest BCUT2D eigenvalue weighted by atomic mass is 10.2. The molecule has 0 unspecified atom stereocenters. The number of carbonyl (C=O) groups is 1. The van der Waals surface area contributed by atoms with Crippen LogP contribution in [0.1, 0.15) is 17.3 Å². The van der Waals surface area contributed by atoms with E-state index in [-0.39, 0.29) is 5.97 Å². The zero-order valence-corrected chi connectivity index (χ0v) is 10.2. The van der Waals surface area contributed by atoms with Crippen LogP contribution in [0.4, 0.5) is 0 Å². The summed E-state index contributed by atoms with van der Waals surface area (Å²) < 4.78 is 10.8. The van der Waals surface area contributed by atoms with Crippen molar-refractivity contribution >= 4 is 28.6 Å². The third kappa shape index (κ3) is 2.60. The van der Waals surface area contributed by atoms with Gasteiger partial charge in [0.15, 0.2) is 0 Å². The summed E-state index contributed by atoms with van der Waals surface area (Å²) in [7, 11) is 1.57. The highest BCUT2D eigenvalue weighted by molar-refractivity contribution is 14.1. The maximum atomic E-state index is 11.5. The Kier molecular flexibility index (Phi) is 4.19. The molecule has 1 aromatic carbocycles. The lowest BCUT2D eigenvalue weighted by molar-refractivity contribution is 0.0524. The average molecular weight is 306 g/mol. The molecule has 3 nitrogen and oxygen atoms in total. The predicted molar refractivity (Wildman–Crippen MR) is 61.7 cm³/mol. The van der Waals surface area contributed by atoms with E-state index < -0.39 is 0 Å². The molecular weight excluding hydrogens is 295 g/mol. The van der Waals surface area contributed by atoms with Crippen molar-refractivity contribution in [2.24, 2.45) is 0 Å². The Morgan fingerprint density at radius 2 is 2.21 bits per heavy atom. The molecule has 0 saturated carbocycles. The Morgan fingerprint density at radius 1 is 1.50 bits per heavy atom. The molecular formula is C10H11IO3. The van der Waals surface area contributed by atoms with Crippen molar-refractivity contribution in [1.29, 1.82) is 0 Å². The van der Waals surface area contributed by atoms with Gasteiger partial charge in [0.25, 0.3) is 0 Å². The van der Waals surface area contributed by atoms with Gasteiger partial charge in [-0.2, -0.15) is 0 Å². The van der Waals surface area contributed by atoms with E-state index in [1.807, 2.05) is 12.1 Å². The van der Waals surface area contributed by atoms with Gasteiger partial charge in [0, 0.05) is 3.57 Å². The third-order valence-corrected chi connectivity index (χ3v) is 2.61. The molecule has 0 fully saturated rings. The zero-order chi connectivity index (χ0) is 10.6. The van der Waals surface area contributed by atoms with E-state index in [1.54, 1.807) is 20.1 Å². The van der Waals surface area contributed by atoms with Gasteiger partial charge in [-0.25, -0.2) is 4.79 Å². The molecule has 0 heterocycles. The van der Waals surface area contributed by atoms with E-state index in [1.165, 1.54) is 0 Å². The number of halogens is 1. The molecule has 0 aromatic heterocycles. The number of benzene rings is 1. The van der Waals surface area contributed by atoms with E-state index >= 15 is 0 Å². The van der Waals surface area contributed by atoms with Crippen molar-refractivity contribution in [2.75, 3.05) is 13.7 Å². The molecule has 0 atom stereocenters. The summed E-state index contributed by atoms with van der Waals surface area (Å²) in [6, 6.07) is 5.32. The Hall–Kier alpha value is -0.780. The number of hydrogen-bond acceptors (Lipinski definition) is 3. The van der Waals surface area contributed by atoms with Crippen LogP contribution < -0.4 is 4.74 Å². The van der Waals surface area contributed by atoms with Gasteiger partial charge in [0.05, 0.1) is 19.3 Å². The maximum Gasteiger partial charge on any atom is 0.339 e. The molecule has 0 bridgehead atoms. The summed E-state index contributed by atoms with van der Waals surface area (Å²) in [5.74, 6) is 0.351. The quantitative estimate of drug-likeness (QED) is 0.636. The Bertz CT molecular complexity index is 336. The first-order chi connectivity index (χ1) is 6.69. The molecule has 0 aliphatic carbocycles. The monoisotopic (exact) mass is 306 g/mol. The molecule has 1 aromatic rings. The van der Waals surface area contributed by atoms with Crippen LogP contribution in [0.5, 0.6) is 5.75 Å². The number of rotatable bonds is 3. The number of methoxy groups -OCH3 is 1. The van der Waals surface area contributed by atoms with Crippen LogP contribution in [0, 0.1) is 3.57 Å². The van der Waals surface area contributed by atoms with Crippen molar-refractivity contribution in [2.45, 2.75) is 6.92 Å². The fourth-order valence-corrected chi connectivity index (χ4v) is 1.55. The first kappa shape index (κ1) is 11.3. The number of carbonyl (C=O) groups excluding carboxylic acids is 1. The highest BCUT2D eigenvalue weighted by Crippen LogP contribution is 2.19. The second kappa shape index (κ2) is 5.19. The van der Waals surface area contributed by atoms with Crippen molar-refractivity contribution in [3.63, 3.8) is 0 Å². The second-order valence-electron chi connectivity index (χ2n) is 2.57. The number of hydrogen-bond donors (Lipinski definition) is 0. The van der Waals surface area contributed by atoms with Crippen molar-refractivity contribution in [1.82, 2.24) is 0 Å². The largest absolute Gasteiger partial charge is 0.497 e. The van der Waals surface area contributed by atoms with E-state index in [0.29, 0.717) is 17.9 Å². The van der Waals surface area contributed by atoms with Crippen LogP contribution in [0.3, 0.4) is 0 Å². The molecule has 0 amide bonds. The summed E-state index contributed by atoms with van der Waals surface area (Å²) in [5, 5.41) is 0. The molecule has 0 N–H and O–H groups in total. The van der Waals surface area contributed by atoms with Gasteiger partial charge in [-0.05, 0) is 47.7 Å². The zero-order valence-electron chi connectivity index (χ0n) is 8.04. The first-order valence-electron chi connectivity index (χ1n) is 4.19. The fourth-order valence-electron chi connectivity index (χ4n) is 0.997. The van der Waals surface area contributed by atoms with Gasteiger partial charge >= 0.3 is 5.97 Å². The van der Waals surface area contributed by atoms with Gasteiger partial charge in [-0.15, -0.1) is 0 Å². The van der Waals surface area contributed by atoms with E-state index in [9.17, 15) is 4.79 Å². The maximum absolute atomic E-state index is 11.5. The van der Waals surface area contributed by atoms with Gasteiger partial charge in [0.1, 0.15) is 5.75 Å². The number of ether oxygens (including phenoxy) is 2. The van der Waals surface area contributed by atoms with Gasteiger partial charge in [0.2, 0.25) is 0 Å². The van der Waals surface area contributed by atoms with Crippen molar-refractivity contribution < 1.29 is 14.3 Å². The highest BCUT2D eigenvalue weighted by atomic mass is 127. The standard InChI is InChI=1S/C10H11IO3/c1-3-14-10(12)8-6-7(13-2)4-5-9(8)11/h4-6H,3H2,1-2H3. The first-order valence-corrected chi connectivity index (χ1v) is 5.27. The van der Waals surface area contributed by atoms with E-state index in [0.717, 1.165) is 3.57 Å². The lowest BCUT2D eigenvalue weighted by Crippen LogP contribution is -2.06. The van der Waals surface area contributed by atoms with E-state index in [4.69, 9.17) is 9.47 Å². The summed E-state index contributed by atoms with van der Waals surface area (Å²) in [6.07, 6.45) is 0. The van der Waals surface area contributed by atoms with Crippen LogP contribution in [0.2, 0.25) is 0 Å².